The molecule has 1 aliphatic heterocycles. The Morgan fingerprint density at radius 3 is 2.58 bits per heavy atom. The summed E-state index contributed by atoms with van der Waals surface area (Å²) in [6, 6.07) is 10.4. The molecule has 11 heteroatoms. The van der Waals surface area contributed by atoms with Crippen LogP contribution in [0.5, 0.6) is 0 Å². The van der Waals surface area contributed by atoms with Crippen LogP contribution in [0.4, 0.5) is 0 Å². The third-order valence-electron chi connectivity index (χ3n) is 7.81. The lowest BCUT2D eigenvalue weighted by molar-refractivity contribution is -0.155. The average Bonchev–Trinajstić information content (AvgIpc) is 3.63. The van der Waals surface area contributed by atoms with Crippen LogP contribution in [0.2, 0.25) is 0 Å². The van der Waals surface area contributed by atoms with Gasteiger partial charge in [0.25, 0.3) is 0 Å². The van der Waals surface area contributed by atoms with Gasteiger partial charge in [0.05, 0.1) is 6.54 Å². The molecule has 2 fully saturated rings. The van der Waals surface area contributed by atoms with Gasteiger partial charge in [0.2, 0.25) is 17.7 Å². The molecule has 3 atom stereocenters. The molecule has 4 N–H and O–H groups in total. The van der Waals surface area contributed by atoms with Crippen molar-refractivity contribution in [1.29, 1.82) is 0 Å². The van der Waals surface area contributed by atoms with Gasteiger partial charge in [0, 0.05) is 16.5 Å². The molecule has 1 heterocycles. The highest BCUT2D eigenvalue weighted by Gasteiger charge is 2.41. The molecule has 40 heavy (non-hydrogen) atoms. The van der Waals surface area contributed by atoms with Crippen LogP contribution in [0.1, 0.15) is 50.5 Å². The predicted octanol–water partition coefficient (Wildman–Crippen LogP) is 3.48. The first-order valence-electron chi connectivity index (χ1n) is 13.8. The number of aliphatic carboxylic acids is 1. The highest BCUT2D eigenvalue weighted by Crippen LogP contribution is 2.31. The first kappa shape index (κ1) is 30.6. The highest BCUT2D eigenvalue weighted by atomic mass is 127. The quantitative estimate of drug-likeness (QED) is 0.189. The molecule has 2 aromatic rings. The number of halogens is 1. The van der Waals surface area contributed by atoms with Crippen LogP contribution in [0, 0.1) is 9.49 Å². The number of carbonyl (C=O) groups is 4. The molecule has 1 aliphatic carbocycles. The summed E-state index contributed by atoms with van der Waals surface area (Å²) in [6.45, 7) is 0.373. The number of fused-ring (bicyclic) bond motifs is 1. The molecule has 0 bridgehead atoms. The number of hydrogen-bond acceptors (Lipinski definition) is 6. The van der Waals surface area contributed by atoms with E-state index in [9.17, 15) is 24.3 Å². The monoisotopic (exact) mass is 680 g/mol. The third-order valence-corrected chi connectivity index (χ3v) is 9.47. The fraction of sp³-hybridized carbons (Fsp3) is 0.517. The molecular formula is C29H37IN4O5S. The Labute approximate surface area is 252 Å². The molecule has 216 valence electrons. The van der Waals surface area contributed by atoms with Crippen molar-refractivity contribution < 1.29 is 24.3 Å². The zero-order valence-electron chi connectivity index (χ0n) is 22.7. The first-order valence-corrected chi connectivity index (χ1v) is 16.3. The average molecular weight is 681 g/mol. The molecule has 3 unspecified atom stereocenters. The van der Waals surface area contributed by atoms with Crippen LogP contribution in [0.3, 0.4) is 0 Å². The Morgan fingerprint density at radius 2 is 1.90 bits per heavy atom. The Morgan fingerprint density at radius 1 is 1.15 bits per heavy atom. The number of nitrogens with zero attached hydrogens (tertiary/aromatic N) is 1. The second-order valence-corrected chi connectivity index (χ2v) is 12.6. The number of carboxylic acids is 1. The number of carboxylic acid groups (broad SMARTS) is 1. The van der Waals surface area contributed by atoms with Crippen LogP contribution >= 0.6 is 34.4 Å². The van der Waals surface area contributed by atoms with Crippen LogP contribution in [-0.2, 0) is 25.7 Å². The van der Waals surface area contributed by atoms with E-state index in [-0.39, 0.29) is 43.0 Å². The third kappa shape index (κ3) is 7.47. The van der Waals surface area contributed by atoms with Crippen molar-refractivity contribution in [2.24, 2.45) is 5.92 Å². The van der Waals surface area contributed by atoms with Crippen molar-refractivity contribution in [1.82, 2.24) is 20.9 Å². The molecule has 2 aliphatic rings. The summed E-state index contributed by atoms with van der Waals surface area (Å²) < 4.78 is 1.08. The van der Waals surface area contributed by atoms with Crippen molar-refractivity contribution in [3.05, 3.63) is 45.5 Å². The van der Waals surface area contributed by atoms with Crippen LogP contribution in [-0.4, -0.2) is 70.5 Å². The minimum Gasteiger partial charge on any atom is -0.480 e. The van der Waals surface area contributed by atoms with Crippen molar-refractivity contribution in [2.75, 3.05) is 18.6 Å². The van der Waals surface area contributed by atoms with Crippen molar-refractivity contribution >= 4 is 68.8 Å². The normalized spacial score (nSPS) is 18.9. The van der Waals surface area contributed by atoms with E-state index in [0.29, 0.717) is 18.7 Å². The summed E-state index contributed by atoms with van der Waals surface area (Å²) in [5, 5.41) is 21.4. The van der Waals surface area contributed by atoms with E-state index >= 15 is 0 Å². The second kappa shape index (κ2) is 14.5. The maximum absolute atomic E-state index is 13.9. The van der Waals surface area contributed by atoms with E-state index in [0.717, 1.165) is 45.6 Å². The summed E-state index contributed by atoms with van der Waals surface area (Å²) in [7, 11) is 0. The lowest BCUT2D eigenvalue weighted by atomic mass is 9.99. The number of amides is 3. The number of nitrogens with one attached hydrogen (secondary N) is 3. The van der Waals surface area contributed by atoms with Gasteiger partial charge in [-0.1, -0.05) is 43.2 Å². The summed E-state index contributed by atoms with van der Waals surface area (Å²) in [5.74, 6) is -1.49. The second-order valence-electron chi connectivity index (χ2n) is 10.4. The van der Waals surface area contributed by atoms with Gasteiger partial charge in [-0.05, 0) is 88.6 Å². The Hall–Kier alpha value is -2.38. The molecule has 0 spiro atoms. The molecule has 1 saturated heterocycles. The summed E-state index contributed by atoms with van der Waals surface area (Å²) in [4.78, 5) is 52.8. The Kier molecular flexibility index (Phi) is 11.1. The van der Waals surface area contributed by atoms with E-state index in [1.54, 1.807) is 0 Å². The van der Waals surface area contributed by atoms with E-state index in [1.807, 2.05) is 30.5 Å². The van der Waals surface area contributed by atoms with Crippen LogP contribution in [0.15, 0.2) is 36.4 Å². The summed E-state index contributed by atoms with van der Waals surface area (Å²) in [5.41, 5.74) is 1.08. The molecule has 9 nitrogen and oxygen atoms in total. The molecule has 2 aromatic carbocycles. The lowest BCUT2D eigenvalue weighted by Crippen LogP contribution is -2.62. The van der Waals surface area contributed by atoms with E-state index in [2.05, 4.69) is 50.7 Å². The molecule has 1 saturated carbocycles. The number of thioether (sulfide) groups is 1. The zero-order chi connectivity index (χ0) is 28.6. The highest BCUT2D eigenvalue weighted by molar-refractivity contribution is 14.1. The van der Waals surface area contributed by atoms with Crippen LogP contribution in [0.25, 0.3) is 10.8 Å². The van der Waals surface area contributed by atoms with Gasteiger partial charge in [-0.15, -0.1) is 0 Å². The van der Waals surface area contributed by atoms with Gasteiger partial charge in [0.1, 0.15) is 18.2 Å². The van der Waals surface area contributed by atoms with E-state index < -0.39 is 24.2 Å². The van der Waals surface area contributed by atoms with Crippen molar-refractivity contribution in [3.8, 4) is 0 Å². The predicted molar refractivity (Wildman–Crippen MR) is 165 cm³/mol. The molecule has 3 amide bonds. The fourth-order valence-corrected chi connectivity index (χ4v) is 6.87. The van der Waals surface area contributed by atoms with E-state index in [4.69, 9.17) is 0 Å². The molecular weight excluding hydrogens is 643 g/mol. The number of rotatable bonds is 13. The molecule has 4 rings (SSSR count). The number of hydrogen-bond donors (Lipinski definition) is 4. The standard InChI is InChI=1S/C29H37IN4O5S/c1-40-15-14-24(29(38)39)34(27(19-7-2-3-8-19)33-28(37)23-12-13-25(35)32-23)26(36)17-31-16-21-20-9-5-4-6-18(20)10-11-22(21)30/h4-6,9-11,19,23-24,27,31H,2-3,7-8,12-17H2,1H3,(H,32,35)(H,33,37)(H,38,39). The van der Waals surface area contributed by atoms with Gasteiger partial charge in [-0.2, -0.15) is 11.8 Å². The largest absolute Gasteiger partial charge is 0.480 e. The molecule has 0 aromatic heterocycles. The Bertz CT molecular complexity index is 1240. The minimum absolute atomic E-state index is 0.0554. The number of benzene rings is 2. The van der Waals surface area contributed by atoms with Crippen molar-refractivity contribution in [3.63, 3.8) is 0 Å². The first-order chi connectivity index (χ1) is 19.3. The Balaban J connectivity index is 1.58. The van der Waals surface area contributed by atoms with Gasteiger partial charge >= 0.3 is 5.97 Å². The van der Waals surface area contributed by atoms with Crippen molar-refractivity contribution in [2.45, 2.75) is 69.7 Å². The maximum atomic E-state index is 13.9. The van der Waals surface area contributed by atoms with Gasteiger partial charge in [-0.3, -0.25) is 14.4 Å². The lowest BCUT2D eigenvalue weighted by Gasteiger charge is -2.40. The maximum Gasteiger partial charge on any atom is 0.326 e. The minimum atomic E-state index is -1.09. The van der Waals surface area contributed by atoms with E-state index in [1.165, 1.54) is 16.7 Å². The summed E-state index contributed by atoms with van der Waals surface area (Å²) in [6.07, 6.45) is 5.57. The van der Waals surface area contributed by atoms with Gasteiger partial charge in [0.15, 0.2) is 0 Å². The fourth-order valence-electron chi connectivity index (χ4n) is 5.75. The topological polar surface area (TPSA) is 128 Å². The SMILES string of the molecule is CSCCC(C(=O)O)N(C(=O)CNCc1c(I)ccc2ccccc12)C(NC(=O)C1CCC(=O)N1)C1CCCC1. The zero-order valence-corrected chi connectivity index (χ0v) is 25.6. The van der Waals surface area contributed by atoms with Gasteiger partial charge in [-0.25, -0.2) is 4.79 Å². The number of carbonyl (C=O) groups excluding carboxylic acids is 3. The smallest absolute Gasteiger partial charge is 0.326 e. The molecule has 0 radical (unpaired) electrons. The van der Waals surface area contributed by atoms with Crippen LogP contribution < -0.4 is 16.0 Å². The van der Waals surface area contributed by atoms with Gasteiger partial charge < -0.3 is 26.0 Å². The summed E-state index contributed by atoms with van der Waals surface area (Å²) >= 11 is 3.81.